The summed E-state index contributed by atoms with van der Waals surface area (Å²) in [5.74, 6) is -4.36. The summed E-state index contributed by atoms with van der Waals surface area (Å²) >= 11 is 0. The minimum Gasteiger partial charge on any atom is -1.00 e. The van der Waals surface area contributed by atoms with Gasteiger partial charge in [-0.2, -0.15) is 0 Å². The molecule has 0 fully saturated rings. The number of quaternary nitrogens is 1. The summed E-state index contributed by atoms with van der Waals surface area (Å²) in [6, 6.07) is 43.5. The molecule has 12 heteroatoms. The molecule has 1 atom stereocenters. The van der Waals surface area contributed by atoms with E-state index < -0.39 is 46.0 Å². The molecule has 0 amide bonds. The monoisotopic (exact) mass is 981 g/mol. The van der Waals surface area contributed by atoms with Gasteiger partial charge in [-0.1, -0.05) is 132 Å². The summed E-state index contributed by atoms with van der Waals surface area (Å²) in [7, 11) is 1.00. The number of nitrogens with zero attached hydrogens (tertiary/aromatic N) is 1. The Morgan fingerprint density at radius 1 is 0.567 bits per heavy atom. The van der Waals surface area contributed by atoms with Crippen LogP contribution in [0.3, 0.4) is 0 Å². The van der Waals surface area contributed by atoms with Crippen LogP contribution < -0.4 is 51.4 Å². The van der Waals surface area contributed by atoms with E-state index in [9.17, 15) is 27.2 Å². The molecular formula is C55H56BBrF4N2NaO3. The largest absolute Gasteiger partial charge is 1.00 e. The quantitative estimate of drug-likeness (QED) is 0.111. The van der Waals surface area contributed by atoms with Crippen LogP contribution in [-0.2, 0) is 25.9 Å². The number of hydrogen-bond donors (Lipinski definition) is 2. The van der Waals surface area contributed by atoms with Gasteiger partial charge in [-0.15, -0.1) is 0 Å². The van der Waals surface area contributed by atoms with Crippen LogP contribution in [0.5, 0.6) is 0 Å². The third kappa shape index (κ3) is 15.7. The van der Waals surface area contributed by atoms with Gasteiger partial charge in [0, 0.05) is 65.6 Å². The zero-order chi connectivity index (χ0) is 45.6. The van der Waals surface area contributed by atoms with Crippen molar-refractivity contribution in [3.8, 4) is 0 Å². The van der Waals surface area contributed by atoms with E-state index in [2.05, 4.69) is 67.3 Å². The van der Waals surface area contributed by atoms with Gasteiger partial charge in [-0.05, 0) is 77.9 Å². The van der Waals surface area contributed by atoms with E-state index in [-0.39, 0.29) is 69.2 Å². The van der Waals surface area contributed by atoms with E-state index in [0.717, 1.165) is 106 Å². The summed E-state index contributed by atoms with van der Waals surface area (Å²) in [6.45, 7) is 10.3. The van der Waals surface area contributed by atoms with Crippen LogP contribution in [-0.4, -0.2) is 63.3 Å². The fraction of sp³-hybridized carbons (Fsp3) is 0.236. The fourth-order valence-electron chi connectivity index (χ4n) is 8.34. The number of hydrogen-bond acceptors (Lipinski definition) is 4. The molecule has 0 saturated heterocycles. The molecule has 2 aliphatic rings. The fourth-order valence-corrected chi connectivity index (χ4v) is 8.34. The zero-order valence-electron chi connectivity index (χ0n) is 39.6. The standard InChI is InChI=1S/2C27H25F2NO.CH4O.B.BrH.Na.H/c2*1-19-14-15-30(17-21-6-3-2-4-7-21)18-23(19)22-12-10-20(11-13-22)16-26(31)27-24(28)8-5-9-25(27)29;1-2;;;;/h2*2-13H,14-18H2,1H3;2H,1H3;;1H;;/q;;;;;+1;-1. The van der Waals surface area contributed by atoms with Crippen LogP contribution in [0.15, 0.2) is 157 Å². The van der Waals surface area contributed by atoms with Crippen molar-refractivity contribution in [3.63, 3.8) is 0 Å². The normalized spacial score (nSPS) is 14.5. The van der Waals surface area contributed by atoms with Crippen molar-refractivity contribution in [2.24, 2.45) is 0 Å². The first kappa shape index (κ1) is 56.6. The maximum absolute atomic E-state index is 13.9. The first-order valence-corrected chi connectivity index (χ1v) is 21.6. The Morgan fingerprint density at radius 3 is 1.45 bits per heavy atom. The van der Waals surface area contributed by atoms with Crippen molar-refractivity contribution in [1.82, 2.24) is 4.90 Å². The number of Topliss-reactive ketones (excluding diaryl/α,β-unsaturated/α-hetero) is 2. The van der Waals surface area contributed by atoms with Gasteiger partial charge in [0.05, 0.1) is 17.7 Å². The number of ketones is 2. The molecule has 2 heterocycles. The number of aliphatic hydroxyl groups excluding tert-OH is 1. The zero-order valence-corrected chi connectivity index (χ0v) is 42.2. The van der Waals surface area contributed by atoms with Gasteiger partial charge in [-0.3, -0.25) is 14.5 Å². The summed E-state index contributed by atoms with van der Waals surface area (Å²) in [4.78, 5) is 28.8. The van der Waals surface area contributed by atoms with Crippen molar-refractivity contribution in [2.45, 2.75) is 52.6 Å². The van der Waals surface area contributed by atoms with E-state index >= 15 is 0 Å². The van der Waals surface area contributed by atoms with Crippen LogP contribution in [0.25, 0.3) is 11.1 Å². The first-order chi connectivity index (χ1) is 31.0. The van der Waals surface area contributed by atoms with Crippen LogP contribution >= 0.6 is 0 Å². The van der Waals surface area contributed by atoms with E-state index in [0.29, 0.717) is 0 Å². The molecule has 5 nitrogen and oxygen atoms in total. The second kappa shape index (κ2) is 27.9. The van der Waals surface area contributed by atoms with Gasteiger partial charge in [-0.25, -0.2) is 17.6 Å². The molecule has 6 aromatic rings. The number of rotatable bonds is 12. The Bertz CT molecular complexity index is 2380. The van der Waals surface area contributed by atoms with Gasteiger partial charge in [0.1, 0.15) is 36.4 Å². The summed E-state index contributed by atoms with van der Waals surface area (Å²) in [5.41, 5.74) is 10.9. The van der Waals surface area contributed by atoms with Crippen molar-refractivity contribution >= 4 is 31.1 Å². The number of carbonyl (C=O) groups excluding carboxylic acids is 2. The van der Waals surface area contributed by atoms with Crippen LogP contribution in [0.1, 0.15) is 82.2 Å². The van der Waals surface area contributed by atoms with Gasteiger partial charge >= 0.3 is 29.6 Å². The van der Waals surface area contributed by atoms with E-state index in [1.54, 1.807) is 0 Å². The third-order valence-corrected chi connectivity index (χ3v) is 11.9. The maximum Gasteiger partial charge on any atom is 1.00 e. The smallest absolute Gasteiger partial charge is 1.00 e. The molecule has 0 spiro atoms. The Morgan fingerprint density at radius 2 is 0.985 bits per heavy atom. The number of nitrogens with one attached hydrogen (secondary N) is 1. The molecular weight excluding hydrogens is 926 g/mol. The maximum atomic E-state index is 13.9. The molecule has 2 N–H and O–H groups in total. The molecule has 1 unspecified atom stereocenters. The molecule has 2 aliphatic heterocycles. The minimum atomic E-state index is -0.817. The molecule has 0 bridgehead atoms. The Labute approximate surface area is 428 Å². The number of benzene rings is 6. The van der Waals surface area contributed by atoms with E-state index in [1.807, 2.05) is 60.7 Å². The van der Waals surface area contributed by atoms with Crippen molar-refractivity contribution in [2.75, 3.05) is 33.3 Å². The number of aliphatic hydroxyl groups is 1. The molecule has 0 saturated carbocycles. The number of carbonyl (C=O) groups is 2. The molecule has 8 rings (SSSR count). The molecule has 0 aromatic heterocycles. The molecule has 343 valence electrons. The first-order valence-electron chi connectivity index (χ1n) is 21.6. The molecule has 3 radical (unpaired) electrons. The Kier molecular flexibility index (Phi) is 23.6. The second-order valence-corrected chi connectivity index (χ2v) is 16.3. The molecule has 6 aromatic carbocycles. The van der Waals surface area contributed by atoms with Gasteiger partial charge in [0.2, 0.25) is 0 Å². The molecule has 0 aliphatic carbocycles. The SMILES string of the molecule is CC1=C(c2ccc(CC(=O)c3c(F)cccc3F)cc2)CN(Cc2ccccc2)CC1.CC1=C(c2ccc(CC(=O)c3c(F)cccc3F)cc2)C[NH+](Cc2ccccc2)CC1.CO.[B].[Br-].[H-].[Na+]. The van der Waals surface area contributed by atoms with Crippen LogP contribution in [0.4, 0.5) is 17.6 Å². The average molecular weight is 983 g/mol. The predicted octanol–water partition coefficient (Wildman–Crippen LogP) is 4.07. The van der Waals surface area contributed by atoms with E-state index in [1.165, 1.54) is 50.5 Å². The Balaban J connectivity index is 0.000000426. The van der Waals surface area contributed by atoms with Crippen molar-refractivity contribution in [3.05, 3.63) is 225 Å². The summed E-state index contributed by atoms with van der Waals surface area (Å²) < 4.78 is 55.5. The second-order valence-electron chi connectivity index (χ2n) is 16.3. The van der Waals surface area contributed by atoms with Crippen molar-refractivity contribution in [1.29, 1.82) is 0 Å². The van der Waals surface area contributed by atoms with Crippen LogP contribution in [0, 0.1) is 23.3 Å². The van der Waals surface area contributed by atoms with Crippen molar-refractivity contribution < 1.29 is 85.1 Å². The minimum absolute atomic E-state index is 0. The summed E-state index contributed by atoms with van der Waals surface area (Å²) in [5, 5.41) is 7.00. The Hall–Kier alpha value is -4.72. The van der Waals surface area contributed by atoms with Crippen LogP contribution in [0.2, 0.25) is 0 Å². The van der Waals surface area contributed by atoms with E-state index in [4.69, 9.17) is 5.11 Å². The van der Waals surface area contributed by atoms with Gasteiger partial charge < -0.3 is 28.4 Å². The summed E-state index contributed by atoms with van der Waals surface area (Å²) in [6.07, 6.45) is 2.02. The predicted molar refractivity (Wildman–Crippen MR) is 254 cm³/mol. The average Bonchev–Trinajstić information content (AvgIpc) is 3.30. The third-order valence-electron chi connectivity index (χ3n) is 11.9. The van der Waals surface area contributed by atoms with Gasteiger partial charge in [0.25, 0.3) is 0 Å². The topological polar surface area (TPSA) is 62.0 Å². The number of halogens is 5. The van der Waals surface area contributed by atoms with Gasteiger partial charge in [0.15, 0.2) is 11.6 Å². The molecule has 67 heavy (non-hydrogen) atoms.